The number of hydrogen-bond acceptors (Lipinski definition) is 7. The van der Waals surface area contributed by atoms with Gasteiger partial charge >= 0.3 is 12.1 Å². The number of ether oxygens (including phenoxy) is 3. The van der Waals surface area contributed by atoms with E-state index in [1.807, 2.05) is 6.92 Å². The second-order valence-electron chi connectivity index (χ2n) is 8.58. The van der Waals surface area contributed by atoms with Crippen molar-refractivity contribution < 1.29 is 32.2 Å². The maximum atomic E-state index is 12.9. The lowest BCUT2D eigenvalue weighted by atomic mass is 10.0. The number of likely N-dealkylation sites (tertiary alicyclic amines) is 1. The number of benzene rings is 1. The van der Waals surface area contributed by atoms with E-state index in [2.05, 4.69) is 10.2 Å². The van der Waals surface area contributed by atoms with Crippen molar-refractivity contribution in [3.63, 3.8) is 0 Å². The fourth-order valence-electron chi connectivity index (χ4n) is 4.75. The number of rotatable bonds is 9. The molecule has 2 aliphatic rings. The number of halogens is 3. The van der Waals surface area contributed by atoms with Crippen LogP contribution >= 0.6 is 0 Å². The summed E-state index contributed by atoms with van der Waals surface area (Å²) in [5, 5.41) is 3.78. The van der Waals surface area contributed by atoms with Gasteiger partial charge in [0.1, 0.15) is 11.9 Å². The number of carbonyl (C=O) groups is 1. The SMILES string of the molecule is CCNc1nc2cc(OCCCN3CCCC3)c(OC)cc2c2c1CCC2OC(=O)C(F)(F)F. The van der Waals surface area contributed by atoms with Crippen molar-refractivity contribution in [1.82, 2.24) is 9.88 Å². The van der Waals surface area contributed by atoms with E-state index in [9.17, 15) is 18.0 Å². The minimum absolute atomic E-state index is 0.257. The van der Waals surface area contributed by atoms with Crippen LogP contribution in [0.1, 0.15) is 49.8 Å². The number of fused-ring (bicyclic) bond motifs is 3. The average Bonchev–Trinajstić information content (AvgIpc) is 3.46. The molecule has 0 spiro atoms. The minimum Gasteiger partial charge on any atom is -0.493 e. The monoisotopic (exact) mass is 481 g/mol. The molecule has 1 N–H and O–H groups in total. The molecule has 10 heteroatoms. The van der Waals surface area contributed by atoms with Crippen LogP contribution in [-0.2, 0) is 16.0 Å². The maximum Gasteiger partial charge on any atom is 0.490 e. The van der Waals surface area contributed by atoms with Crippen LogP contribution in [0, 0.1) is 0 Å². The molecule has 4 rings (SSSR count). The first kappa shape index (κ1) is 24.4. The third-order valence-corrected chi connectivity index (χ3v) is 6.29. The molecule has 1 atom stereocenters. The van der Waals surface area contributed by atoms with Crippen molar-refractivity contribution in [2.75, 3.05) is 45.2 Å². The number of aromatic nitrogens is 1. The summed E-state index contributed by atoms with van der Waals surface area (Å²) >= 11 is 0. The Kier molecular flexibility index (Phi) is 7.35. The van der Waals surface area contributed by atoms with Crippen molar-refractivity contribution in [1.29, 1.82) is 0 Å². The summed E-state index contributed by atoms with van der Waals surface area (Å²) in [5.41, 5.74) is 1.84. The van der Waals surface area contributed by atoms with E-state index >= 15 is 0 Å². The van der Waals surface area contributed by atoms with Gasteiger partial charge < -0.3 is 24.4 Å². The third-order valence-electron chi connectivity index (χ3n) is 6.29. The Morgan fingerprint density at radius 3 is 2.68 bits per heavy atom. The summed E-state index contributed by atoms with van der Waals surface area (Å²) in [7, 11) is 1.51. The highest BCUT2D eigenvalue weighted by atomic mass is 19.4. The first-order chi connectivity index (χ1) is 16.3. The van der Waals surface area contributed by atoms with Gasteiger partial charge in [-0.05, 0) is 58.2 Å². The van der Waals surface area contributed by atoms with Gasteiger partial charge in [-0.25, -0.2) is 9.78 Å². The van der Waals surface area contributed by atoms with Crippen LogP contribution < -0.4 is 14.8 Å². The van der Waals surface area contributed by atoms with Crippen molar-refractivity contribution >= 4 is 22.7 Å². The van der Waals surface area contributed by atoms with Gasteiger partial charge in [-0.1, -0.05) is 0 Å². The van der Waals surface area contributed by atoms with Gasteiger partial charge in [0.05, 0.1) is 19.2 Å². The molecule has 1 aliphatic heterocycles. The van der Waals surface area contributed by atoms with Crippen LogP contribution in [-0.4, -0.2) is 61.9 Å². The van der Waals surface area contributed by atoms with Crippen molar-refractivity contribution in [3.05, 3.63) is 23.3 Å². The van der Waals surface area contributed by atoms with E-state index < -0.39 is 18.2 Å². The normalized spacial score (nSPS) is 18.2. The van der Waals surface area contributed by atoms with Crippen molar-refractivity contribution in [2.45, 2.75) is 51.3 Å². The molecular formula is C24H30F3N3O4. The topological polar surface area (TPSA) is 72.9 Å². The van der Waals surface area contributed by atoms with Gasteiger partial charge in [0, 0.05) is 35.7 Å². The number of nitrogens with zero attached hydrogens (tertiary/aromatic N) is 2. The number of nitrogens with one attached hydrogen (secondary N) is 1. The third kappa shape index (κ3) is 5.16. The Labute approximate surface area is 196 Å². The second-order valence-corrected chi connectivity index (χ2v) is 8.58. The van der Waals surface area contributed by atoms with Gasteiger partial charge in [-0.2, -0.15) is 13.2 Å². The van der Waals surface area contributed by atoms with E-state index in [0.717, 1.165) is 31.6 Å². The molecule has 0 radical (unpaired) electrons. The Morgan fingerprint density at radius 1 is 1.24 bits per heavy atom. The van der Waals surface area contributed by atoms with Gasteiger partial charge in [0.2, 0.25) is 0 Å². The lowest BCUT2D eigenvalue weighted by molar-refractivity contribution is -0.205. The van der Waals surface area contributed by atoms with E-state index in [-0.39, 0.29) is 6.42 Å². The lowest BCUT2D eigenvalue weighted by Crippen LogP contribution is -2.26. The maximum absolute atomic E-state index is 12.9. The smallest absolute Gasteiger partial charge is 0.490 e. The first-order valence-corrected chi connectivity index (χ1v) is 11.7. The van der Waals surface area contributed by atoms with Gasteiger partial charge in [0.25, 0.3) is 0 Å². The molecule has 1 aliphatic carbocycles. The number of alkyl halides is 3. The molecule has 0 saturated carbocycles. The zero-order valence-corrected chi connectivity index (χ0v) is 19.5. The number of hydrogen-bond donors (Lipinski definition) is 1. The quantitative estimate of drug-likeness (QED) is 0.413. The zero-order valence-electron chi connectivity index (χ0n) is 19.5. The molecule has 34 heavy (non-hydrogen) atoms. The molecular weight excluding hydrogens is 451 g/mol. The zero-order chi connectivity index (χ0) is 24.3. The summed E-state index contributed by atoms with van der Waals surface area (Å²) in [6.07, 6.45) is -2.00. The molecule has 1 fully saturated rings. The van der Waals surface area contributed by atoms with E-state index in [1.54, 1.807) is 12.1 Å². The number of methoxy groups -OCH3 is 1. The van der Waals surface area contributed by atoms with Crippen LogP contribution in [0.3, 0.4) is 0 Å². The minimum atomic E-state index is -5.05. The summed E-state index contributed by atoms with van der Waals surface area (Å²) in [6, 6.07) is 3.46. The first-order valence-electron chi connectivity index (χ1n) is 11.7. The summed E-state index contributed by atoms with van der Waals surface area (Å²) in [5.74, 6) is -0.624. The van der Waals surface area contributed by atoms with Crippen LogP contribution in [0.15, 0.2) is 12.1 Å². The fourth-order valence-corrected chi connectivity index (χ4v) is 4.75. The molecule has 1 unspecified atom stereocenters. The van der Waals surface area contributed by atoms with Crippen LogP contribution in [0.25, 0.3) is 10.9 Å². The molecule has 1 saturated heterocycles. The standard InChI is InChI=1S/C24H30F3N3O4/c1-3-28-22-15-7-8-18(34-23(31)24(25,26)27)21(15)16-13-19(32-2)20(14-17(16)29-22)33-12-6-11-30-9-4-5-10-30/h13-14,18H,3-12H2,1-2H3,(H,28,29). The number of esters is 1. The molecule has 1 aromatic carbocycles. The van der Waals surface area contributed by atoms with Crippen LogP contribution in [0.2, 0.25) is 0 Å². The van der Waals surface area contributed by atoms with E-state index in [1.165, 1.54) is 20.0 Å². The highest BCUT2D eigenvalue weighted by Crippen LogP contribution is 2.45. The molecule has 2 heterocycles. The van der Waals surface area contributed by atoms with Gasteiger partial charge in [0.15, 0.2) is 11.5 Å². The van der Waals surface area contributed by atoms with E-state index in [4.69, 9.17) is 19.2 Å². The van der Waals surface area contributed by atoms with Crippen LogP contribution in [0.4, 0.5) is 19.0 Å². The lowest BCUT2D eigenvalue weighted by Gasteiger charge is -2.19. The summed E-state index contributed by atoms with van der Waals surface area (Å²) < 4.78 is 55.0. The van der Waals surface area contributed by atoms with Crippen molar-refractivity contribution in [2.24, 2.45) is 0 Å². The highest BCUT2D eigenvalue weighted by molar-refractivity contribution is 5.90. The molecule has 0 bridgehead atoms. The Morgan fingerprint density at radius 2 is 2.00 bits per heavy atom. The Balaban J connectivity index is 1.63. The predicted molar refractivity (Wildman–Crippen MR) is 121 cm³/mol. The Bertz CT molecular complexity index is 1040. The van der Waals surface area contributed by atoms with Crippen LogP contribution in [0.5, 0.6) is 11.5 Å². The molecule has 2 aromatic rings. The average molecular weight is 482 g/mol. The van der Waals surface area contributed by atoms with Gasteiger partial charge in [-0.3, -0.25) is 0 Å². The summed E-state index contributed by atoms with van der Waals surface area (Å²) in [6.45, 7) is 6.24. The number of anilines is 1. The predicted octanol–water partition coefficient (Wildman–Crippen LogP) is 4.63. The van der Waals surface area contributed by atoms with Crippen molar-refractivity contribution in [3.8, 4) is 11.5 Å². The second kappa shape index (κ2) is 10.2. The number of carbonyl (C=O) groups excluding carboxylic acids is 1. The fraction of sp³-hybridized carbons (Fsp3) is 0.583. The Hall–Kier alpha value is -2.75. The molecule has 7 nitrogen and oxygen atoms in total. The molecule has 0 amide bonds. The highest BCUT2D eigenvalue weighted by Gasteiger charge is 2.44. The van der Waals surface area contributed by atoms with E-state index in [0.29, 0.717) is 53.4 Å². The molecule has 1 aromatic heterocycles. The summed E-state index contributed by atoms with van der Waals surface area (Å²) in [4.78, 5) is 18.7. The largest absolute Gasteiger partial charge is 0.493 e. The molecule has 186 valence electrons. The van der Waals surface area contributed by atoms with Gasteiger partial charge in [-0.15, -0.1) is 0 Å². The number of pyridine rings is 1.